The van der Waals surface area contributed by atoms with Crippen LogP contribution < -0.4 is 0 Å². The largest absolute Gasteiger partial charge is 0.466 e. The third kappa shape index (κ3) is 2.93. The molecule has 1 aliphatic heterocycles. The molecule has 0 bridgehead atoms. The molecule has 6 nitrogen and oxygen atoms in total. The van der Waals surface area contributed by atoms with Crippen molar-refractivity contribution in [2.75, 3.05) is 20.0 Å². The summed E-state index contributed by atoms with van der Waals surface area (Å²) in [6.07, 6.45) is 0.962. The number of methoxy groups -OCH3 is 2. The molecule has 0 aromatic rings. The Kier molecular flexibility index (Phi) is 4.24. The second kappa shape index (κ2) is 5.45. The molecule has 1 amide bonds. The van der Waals surface area contributed by atoms with E-state index >= 15 is 0 Å². The summed E-state index contributed by atoms with van der Waals surface area (Å²) in [7, 11) is 2.36. The van der Waals surface area contributed by atoms with Gasteiger partial charge >= 0.3 is 17.2 Å². The molecule has 86 valence electrons. The van der Waals surface area contributed by atoms with E-state index in [-0.39, 0.29) is 17.0 Å². The fourth-order valence-electron chi connectivity index (χ4n) is 0.990. The van der Waals surface area contributed by atoms with Gasteiger partial charge in [0, 0.05) is 11.8 Å². The fourth-order valence-corrected chi connectivity index (χ4v) is 1.64. The van der Waals surface area contributed by atoms with Gasteiger partial charge in [-0.2, -0.15) is 0 Å². The van der Waals surface area contributed by atoms with Crippen molar-refractivity contribution in [3.63, 3.8) is 0 Å². The molecule has 0 aromatic carbocycles. The number of hydrogen-bond acceptors (Lipinski definition) is 6. The minimum absolute atomic E-state index is 0.0484. The van der Waals surface area contributed by atoms with E-state index in [0.717, 1.165) is 17.8 Å². The third-order valence-electron chi connectivity index (χ3n) is 1.74. The van der Waals surface area contributed by atoms with Crippen molar-refractivity contribution in [2.45, 2.75) is 0 Å². The molecule has 7 heteroatoms. The normalized spacial score (nSPS) is 15.8. The maximum absolute atomic E-state index is 11.4. The van der Waals surface area contributed by atoms with Crippen LogP contribution >= 0.6 is 11.8 Å². The van der Waals surface area contributed by atoms with Gasteiger partial charge < -0.3 is 9.47 Å². The number of esters is 2. The highest BCUT2D eigenvalue weighted by Gasteiger charge is 2.24. The van der Waals surface area contributed by atoms with Crippen molar-refractivity contribution >= 4 is 34.7 Å². The first kappa shape index (κ1) is 12.4. The van der Waals surface area contributed by atoms with E-state index in [1.165, 1.54) is 14.2 Å². The van der Waals surface area contributed by atoms with Gasteiger partial charge in [0.1, 0.15) is 0 Å². The predicted molar refractivity (Wildman–Crippen MR) is 57.4 cm³/mol. The Balaban J connectivity index is 3.01. The van der Waals surface area contributed by atoms with Crippen LogP contribution in [0.4, 0.5) is 4.79 Å². The Morgan fingerprint density at radius 3 is 2.50 bits per heavy atom. The Morgan fingerprint density at radius 2 is 2.06 bits per heavy atom. The maximum atomic E-state index is 11.4. The molecule has 0 unspecified atom stereocenters. The first-order valence-corrected chi connectivity index (χ1v) is 5.19. The number of hydrogen-bond donors (Lipinski definition) is 0. The number of aliphatic imine (C=N–C) groups is 1. The topological polar surface area (TPSA) is 82.0 Å². The van der Waals surface area contributed by atoms with E-state index in [1.807, 2.05) is 0 Å². The van der Waals surface area contributed by atoms with E-state index in [0.29, 0.717) is 0 Å². The van der Waals surface area contributed by atoms with Crippen LogP contribution in [0.3, 0.4) is 0 Å². The van der Waals surface area contributed by atoms with Crippen LogP contribution in [-0.2, 0) is 19.1 Å². The van der Waals surface area contributed by atoms with Crippen molar-refractivity contribution in [1.82, 2.24) is 0 Å². The molecule has 0 aliphatic carbocycles. The summed E-state index contributed by atoms with van der Waals surface area (Å²) < 4.78 is 8.88. The van der Waals surface area contributed by atoms with Crippen LogP contribution in [0.2, 0.25) is 0 Å². The second-order valence-electron chi connectivity index (χ2n) is 2.69. The lowest BCUT2D eigenvalue weighted by molar-refractivity contribution is -0.138. The second-order valence-corrected chi connectivity index (χ2v) is 3.61. The first-order valence-electron chi connectivity index (χ1n) is 4.21. The van der Waals surface area contributed by atoms with Crippen molar-refractivity contribution in [1.29, 1.82) is 0 Å². The van der Waals surface area contributed by atoms with Gasteiger partial charge in [-0.25, -0.2) is 14.6 Å². The Bertz CT molecular complexity index is 399. The molecule has 0 saturated heterocycles. The quantitative estimate of drug-likeness (QED) is 0.532. The molecule has 0 N–H and O–H groups in total. The molecular formula is C9H9NO5S. The minimum Gasteiger partial charge on any atom is -0.466 e. The van der Waals surface area contributed by atoms with E-state index in [4.69, 9.17) is 0 Å². The van der Waals surface area contributed by atoms with Crippen LogP contribution in [0.15, 0.2) is 16.6 Å². The molecule has 0 radical (unpaired) electrons. The van der Waals surface area contributed by atoms with E-state index in [9.17, 15) is 14.4 Å². The van der Waals surface area contributed by atoms with Crippen LogP contribution in [0, 0.1) is 0 Å². The standard InChI is InChI=1S/C9H9NO5S/c1-14-7(11)3-5(8(12)15-2)6-4-16-9(13)10-6/h3H,4H2,1-2H3/b5-3+. The molecule has 16 heavy (non-hydrogen) atoms. The van der Waals surface area contributed by atoms with Gasteiger partial charge in [0.2, 0.25) is 0 Å². The fraction of sp³-hybridized carbons (Fsp3) is 0.333. The van der Waals surface area contributed by atoms with Crippen molar-refractivity contribution in [3.05, 3.63) is 11.6 Å². The van der Waals surface area contributed by atoms with Crippen molar-refractivity contribution in [2.24, 2.45) is 4.99 Å². The van der Waals surface area contributed by atoms with Gasteiger partial charge in [0.05, 0.1) is 25.5 Å². The highest BCUT2D eigenvalue weighted by Crippen LogP contribution is 2.19. The smallest absolute Gasteiger partial charge is 0.340 e. The average molecular weight is 243 g/mol. The lowest BCUT2D eigenvalue weighted by Crippen LogP contribution is -2.17. The van der Waals surface area contributed by atoms with E-state index < -0.39 is 17.2 Å². The van der Waals surface area contributed by atoms with Gasteiger partial charge in [-0.1, -0.05) is 11.8 Å². The summed E-state index contributed by atoms with van der Waals surface area (Å²) in [6.45, 7) is 0. The molecular weight excluding hydrogens is 234 g/mol. The number of ether oxygens (including phenoxy) is 2. The zero-order valence-electron chi connectivity index (χ0n) is 8.68. The number of amides is 1. The highest BCUT2D eigenvalue weighted by molar-refractivity contribution is 8.14. The molecule has 0 atom stereocenters. The van der Waals surface area contributed by atoms with Gasteiger partial charge in [0.25, 0.3) is 0 Å². The number of nitrogens with zero attached hydrogens (tertiary/aromatic N) is 1. The third-order valence-corrected chi connectivity index (χ3v) is 2.49. The summed E-state index contributed by atoms with van der Waals surface area (Å²) in [5.74, 6) is -1.18. The van der Waals surface area contributed by atoms with Crippen LogP contribution in [0.25, 0.3) is 0 Å². The molecule has 0 aromatic heterocycles. The lowest BCUT2D eigenvalue weighted by Gasteiger charge is -2.03. The van der Waals surface area contributed by atoms with E-state index in [2.05, 4.69) is 14.5 Å². The van der Waals surface area contributed by atoms with Crippen LogP contribution in [0.1, 0.15) is 0 Å². The zero-order chi connectivity index (χ0) is 12.1. The summed E-state index contributed by atoms with van der Waals surface area (Å²) in [5, 5.41) is -0.394. The Labute approximate surface area is 95.7 Å². The summed E-state index contributed by atoms with van der Waals surface area (Å²) >= 11 is 0.953. The van der Waals surface area contributed by atoms with Gasteiger partial charge in [-0.3, -0.25) is 4.79 Å². The first-order chi connectivity index (χ1) is 7.58. The van der Waals surface area contributed by atoms with Gasteiger partial charge in [-0.05, 0) is 0 Å². The van der Waals surface area contributed by atoms with Gasteiger partial charge in [0.15, 0.2) is 0 Å². The monoisotopic (exact) mass is 243 g/mol. The summed E-state index contributed by atoms with van der Waals surface area (Å²) in [5.41, 5.74) is 0.181. The lowest BCUT2D eigenvalue weighted by atomic mass is 10.1. The molecule has 0 fully saturated rings. The summed E-state index contributed by atoms with van der Waals surface area (Å²) in [6, 6.07) is 0. The average Bonchev–Trinajstić information content (AvgIpc) is 2.71. The summed E-state index contributed by atoms with van der Waals surface area (Å²) in [4.78, 5) is 36.9. The molecule has 1 heterocycles. The van der Waals surface area contributed by atoms with Crippen molar-refractivity contribution in [3.8, 4) is 0 Å². The number of rotatable bonds is 3. The molecule has 0 spiro atoms. The van der Waals surface area contributed by atoms with Crippen LogP contribution in [0.5, 0.6) is 0 Å². The van der Waals surface area contributed by atoms with E-state index in [1.54, 1.807) is 0 Å². The highest BCUT2D eigenvalue weighted by atomic mass is 32.2. The molecule has 1 aliphatic rings. The zero-order valence-corrected chi connectivity index (χ0v) is 9.50. The molecule has 1 rings (SSSR count). The SMILES string of the molecule is COC(=O)/C=C(/C(=O)OC)C1=NC(=O)SC1. The predicted octanol–water partition coefficient (Wildman–Crippen LogP) is 0.567. The molecule has 0 saturated carbocycles. The Hall–Kier alpha value is -1.63. The maximum Gasteiger partial charge on any atom is 0.340 e. The van der Waals surface area contributed by atoms with Gasteiger partial charge in [-0.15, -0.1) is 0 Å². The number of thioether (sulfide) groups is 1. The Morgan fingerprint density at radius 1 is 1.38 bits per heavy atom. The minimum atomic E-state index is -0.723. The number of carbonyl (C=O) groups excluding carboxylic acids is 3. The van der Waals surface area contributed by atoms with Crippen molar-refractivity contribution < 1.29 is 23.9 Å². The van der Waals surface area contributed by atoms with Crippen LogP contribution in [-0.4, -0.2) is 42.9 Å². The number of carbonyl (C=O) groups is 3.